The molecule has 0 aliphatic carbocycles. The summed E-state index contributed by atoms with van der Waals surface area (Å²) in [5.74, 6) is -0.100. The van der Waals surface area contributed by atoms with Crippen LogP contribution in [-0.2, 0) is 0 Å². The van der Waals surface area contributed by atoms with E-state index in [4.69, 9.17) is 10.7 Å². The minimum absolute atomic E-state index is 0.100. The second-order valence-electron chi connectivity index (χ2n) is 7.64. The Morgan fingerprint density at radius 1 is 1.00 bits per heavy atom. The zero-order valence-corrected chi connectivity index (χ0v) is 18.1. The number of thiazole rings is 1. The van der Waals surface area contributed by atoms with Crippen molar-refractivity contribution >= 4 is 28.3 Å². The quantitative estimate of drug-likeness (QED) is 0.352. The molecular weight excluding hydrogens is 402 g/mol. The first-order valence-electron chi connectivity index (χ1n) is 10.1. The van der Waals surface area contributed by atoms with Gasteiger partial charge in [-0.3, -0.25) is 4.79 Å². The van der Waals surface area contributed by atoms with Crippen LogP contribution in [0.1, 0.15) is 27.2 Å². The number of hydrogen-bond acceptors (Lipinski definition) is 4. The first kappa shape index (κ1) is 19.3. The summed E-state index contributed by atoms with van der Waals surface area (Å²) in [6, 6.07) is 21.4. The molecule has 5 aromatic rings. The zero-order chi connectivity index (χ0) is 21.5. The fourth-order valence-corrected chi connectivity index (χ4v) is 4.82. The summed E-state index contributed by atoms with van der Waals surface area (Å²) in [5.41, 5.74) is 14.3. The van der Waals surface area contributed by atoms with Gasteiger partial charge in [0.25, 0.3) is 0 Å². The second-order valence-corrected chi connectivity index (χ2v) is 8.50. The van der Waals surface area contributed by atoms with Crippen molar-refractivity contribution in [2.24, 2.45) is 0 Å². The monoisotopic (exact) mass is 423 g/mol. The van der Waals surface area contributed by atoms with Gasteiger partial charge in [0.15, 0.2) is 0 Å². The van der Waals surface area contributed by atoms with Gasteiger partial charge in [-0.1, -0.05) is 54.1 Å². The molecule has 3 heterocycles. The Labute approximate surface area is 184 Å². The van der Waals surface area contributed by atoms with E-state index in [2.05, 4.69) is 37.4 Å². The molecule has 0 amide bonds. The maximum Gasteiger partial charge on any atom is 0.211 e. The highest BCUT2D eigenvalue weighted by atomic mass is 32.1. The van der Waals surface area contributed by atoms with Gasteiger partial charge in [0.05, 0.1) is 22.5 Å². The van der Waals surface area contributed by atoms with Gasteiger partial charge in [0, 0.05) is 22.7 Å². The highest BCUT2D eigenvalue weighted by Gasteiger charge is 2.25. The molecule has 0 fully saturated rings. The molecule has 31 heavy (non-hydrogen) atoms. The van der Waals surface area contributed by atoms with Crippen molar-refractivity contribution < 1.29 is 4.79 Å². The minimum atomic E-state index is -0.100. The molecule has 0 radical (unpaired) electrons. The number of aryl methyl sites for hydroxylation is 2. The lowest BCUT2D eigenvalue weighted by Crippen LogP contribution is -2.07. The van der Waals surface area contributed by atoms with E-state index in [-0.39, 0.29) is 5.78 Å². The molecule has 0 bridgehead atoms. The van der Waals surface area contributed by atoms with E-state index in [1.165, 1.54) is 11.1 Å². The third-order valence-corrected chi connectivity index (χ3v) is 6.38. The average Bonchev–Trinajstić information content (AvgIpc) is 3.37. The summed E-state index contributed by atoms with van der Waals surface area (Å²) < 4.78 is 1.87. The lowest BCUT2D eigenvalue weighted by molar-refractivity contribution is 0.103. The SMILES string of the molecule is Cc1ccc(C)c(-c2csc(-c3c(N)c(C(=O)c4ccccc4)n4ccccc34)n2)c1. The Bertz CT molecular complexity index is 1430. The summed E-state index contributed by atoms with van der Waals surface area (Å²) in [6.45, 7) is 4.17. The molecule has 0 aliphatic heterocycles. The summed E-state index contributed by atoms with van der Waals surface area (Å²) in [5, 5.41) is 2.87. The van der Waals surface area contributed by atoms with Crippen LogP contribution in [0.15, 0.2) is 78.3 Å². The lowest BCUT2D eigenvalue weighted by atomic mass is 10.0. The Hall–Kier alpha value is -3.70. The number of nitrogens with zero attached hydrogens (tertiary/aromatic N) is 2. The molecule has 5 heteroatoms. The topological polar surface area (TPSA) is 60.4 Å². The van der Waals surface area contributed by atoms with Crippen LogP contribution in [0.25, 0.3) is 27.3 Å². The smallest absolute Gasteiger partial charge is 0.211 e. The summed E-state index contributed by atoms with van der Waals surface area (Å²) in [6.07, 6.45) is 1.88. The van der Waals surface area contributed by atoms with Gasteiger partial charge >= 0.3 is 0 Å². The summed E-state index contributed by atoms with van der Waals surface area (Å²) in [7, 11) is 0. The van der Waals surface area contributed by atoms with Crippen molar-refractivity contribution in [3.05, 3.63) is 101 Å². The van der Waals surface area contributed by atoms with Crippen LogP contribution in [0.2, 0.25) is 0 Å². The van der Waals surface area contributed by atoms with Gasteiger partial charge in [-0.25, -0.2) is 4.98 Å². The highest BCUT2D eigenvalue weighted by Crippen LogP contribution is 2.39. The molecular formula is C26H21N3OS. The van der Waals surface area contributed by atoms with Gasteiger partial charge in [0.2, 0.25) is 5.78 Å². The number of carbonyl (C=O) groups is 1. The first-order chi connectivity index (χ1) is 15.0. The van der Waals surface area contributed by atoms with Crippen LogP contribution in [-0.4, -0.2) is 15.2 Å². The van der Waals surface area contributed by atoms with Crippen LogP contribution in [0.3, 0.4) is 0 Å². The number of benzene rings is 2. The number of fused-ring (bicyclic) bond motifs is 1. The van der Waals surface area contributed by atoms with Gasteiger partial charge in [-0.05, 0) is 37.6 Å². The van der Waals surface area contributed by atoms with Crippen LogP contribution >= 0.6 is 11.3 Å². The van der Waals surface area contributed by atoms with Crippen molar-refractivity contribution in [3.8, 4) is 21.8 Å². The molecule has 4 nitrogen and oxygen atoms in total. The fraction of sp³-hybridized carbons (Fsp3) is 0.0769. The number of aromatic nitrogens is 2. The maximum atomic E-state index is 13.3. The van der Waals surface area contributed by atoms with Gasteiger partial charge in [-0.15, -0.1) is 11.3 Å². The first-order valence-corrected chi connectivity index (χ1v) is 10.9. The highest BCUT2D eigenvalue weighted by molar-refractivity contribution is 7.13. The van der Waals surface area contributed by atoms with Crippen LogP contribution in [0.5, 0.6) is 0 Å². The van der Waals surface area contributed by atoms with Crippen molar-refractivity contribution in [2.45, 2.75) is 13.8 Å². The van der Waals surface area contributed by atoms with Crippen LogP contribution < -0.4 is 5.73 Å². The van der Waals surface area contributed by atoms with Crippen molar-refractivity contribution in [1.82, 2.24) is 9.38 Å². The fourth-order valence-electron chi connectivity index (χ4n) is 3.93. The second kappa shape index (κ2) is 7.52. The number of nitrogens with two attached hydrogens (primary N) is 1. The molecule has 0 saturated heterocycles. The largest absolute Gasteiger partial charge is 0.396 e. The number of carbonyl (C=O) groups excluding carboxylic acids is 1. The minimum Gasteiger partial charge on any atom is -0.396 e. The van der Waals surface area contributed by atoms with Gasteiger partial charge in [0.1, 0.15) is 10.7 Å². The molecule has 152 valence electrons. The van der Waals surface area contributed by atoms with Crippen LogP contribution in [0, 0.1) is 13.8 Å². The number of nitrogen functional groups attached to an aromatic ring is 1. The Balaban J connectivity index is 1.69. The van der Waals surface area contributed by atoms with E-state index in [0.717, 1.165) is 27.3 Å². The number of rotatable bonds is 4. The number of hydrogen-bond donors (Lipinski definition) is 1. The normalized spacial score (nSPS) is 11.2. The van der Waals surface area contributed by atoms with E-state index >= 15 is 0 Å². The van der Waals surface area contributed by atoms with E-state index in [1.54, 1.807) is 11.3 Å². The van der Waals surface area contributed by atoms with Crippen molar-refractivity contribution in [1.29, 1.82) is 0 Å². The average molecular weight is 424 g/mol. The Morgan fingerprint density at radius 2 is 1.77 bits per heavy atom. The predicted octanol–water partition coefficient (Wildman–Crippen LogP) is 6.16. The van der Waals surface area contributed by atoms with E-state index in [9.17, 15) is 4.79 Å². The molecule has 0 spiro atoms. The number of pyridine rings is 1. The molecule has 3 aromatic heterocycles. The molecule has 2 N–H and O–H groups in total. The predicted molar refractivity (Wildman–Crippen MR) is 128 cm³/mol. The molecule has 0 saturated carbocycles. The van der Waals surface area contributed by atoms with E-state index in [0.29, 0.717) is 16.9 Å². The van der Waals surface area contributed by atoms with Crippen molar-refractivity contribution in [3.63, 3.8) is 0 Å². The molecule has 0 unspecified atom stereocenters. The lowest BCUT2D eigenvalue weighted by Gasteiger charge is -2.04. The maximum absolute atomic E-state index is 13.3. The standard InChI is InChI=1S/C26H21N3OS/c1-16-11-12-17(2)19(14-16)20-15-31-26(28-20)22-21-10-6-7-13-29(21)24(23(22)27)25(30)18-8-4-3-5-9-18/h3-15H,27H2,1-2H3. The van der Waals surface area contributed by atoms with Crippen molar-refractivity contribution in [2.75, 3.05) is 5.73 Å². The Kier molecular flexibility index (Phi) is 4.68. The summed E-state index contributed by atoms with van der Waals surface area (Å²) >= 11 is 1.55. The molecule has 5 rings (SSSR count). The number of anilines is 1. The zero-order valence-electron chi connectivity index (χ0n) is 17.3. The Morgan fingerprint density at radius 3 is 2.58 bits per heavy atom. The third-order valence-electron chi connectivity index (χ3n) is 5.52. The molecule has 2 aromatic carbocycles. The molecule has 0 aliphatic rings. The van der Waals surface area contributed by atoms with E-state index < -0.39 is 0 Å². The van der Waals surface area contributed by atoms with Crippen LogP contribution in [0.4, 0.5) is 5.69 Å². The van der Waals surface area contributed by atoms with Gasteiger partial charge in [-0.2, -0.15) is 0 Å². The summed E-state index contributed by atoms with van der Waals surface area (Å²) in [4.78, 5) is 18.2. The van der Waals surface area contributed by atoms with Gasteiger partial charge < -0.3 is 10.1 Å². The third kappa shape index (κ3) is 3.23. The van der Waals surface area contributed by atoms with E-state index in [1.807, 2.05) is 59.1 Å². The molecule has 0 atom stereocenters. The number of ketones is 1.